The third-order valence-corrected chi connectivity index (χ3v) is 3.69. The predicted octanol–water partition coefficient (Wildman–Crippen LogP) is 1.74. The highest BCUT2D eigenvalue weighted by Crippen LogP contribution is 2.28. The summed E-state index contributed by atoms with van der Waals surface area (Å²) in [5, 5.41) is 10.5. The largest absolute Gasteiger partial charge is 0.388 e. The first-order chi connectivity index (χ1) is 7.65. The molecular formula is C11H18N4S. The summed E-state index contributed by atoms with van der Waals surface area (Å²) in [5.74, 6) is 0.279. The molecule has 4 nitrogen and oxygen atoms in total. The normalized spacial score (nSPS) is 15.6. The van der Waals surface area contributed by atoms with E-state index in [0.29, 0.717) is 12.5 Å². The molecule has 1 saturated carbocycles. The van der Waals surface area contributed by atoms with E-state index < -0.39 is 0 Å². The third-order valence-electron chi connectivity index (χ3n) is 2.74. The number of hydrogen-bond acceptors (Lipinski definition) is 4. The number of aromatic nitrogens is 1. The van der Waals surface area contributed by atoms with Crippen LogP contribution in [-0.4, -0.2) is 28.3 Å². The Labute approximate surface area is 100.0 Å². The van der Waals surface area contributed by atoms with Gasteiger partial charge >= 0.3 is 0 Å². The Kier molecular flexibility index (Phi) is 3.56. The van der Waals surface area contributed by atoms with Crippen molar-refractivity contribution in [1.29, 1.82) is 5.41 Å². The maximum absolute atomic E-state index is 7.27. The molecule has 0 saturated heterocycles. The molecule has 1 aromatic rings. The molecule has 16 heavy (non-hydrogen) atoms. The van der Waals surface area contributed by atoms with Gasteiger partial charge in [0.1, 0.15) is 5.01 Å². The van der Waals surface area contributed by atoms with E-state index in [4.69, 9.17) is 11.1 Å². The molecule has 3 N–H and O–H groups in total. The van der Waals surface area contributed by atoms with Crippen molar-refractivity contribution in [2.45, 2.75) is 38.8 Å². The van der Waals surface area contributed by atoms with Gasteiger partial charge < -0.3 is 5.73 Å². The molecule has 2 rings (SSSR count). The van der Waals surface area contributed by atoms with Crippen LogP contribution in [0.1, 0.15) is 30.0 Å². The molecule has 0 unspecified atom stereocenters. The molecule has 0 aromatic carbocycles. The average molecular weight is 238 g/mol. The lowest BCUT2D eigenvalue weighted by Crippen LogP contribution is -2.29. The van der Waals surface area contributed by atoms with Crippen molar-refractivity contribution in [3.8, 4) is 0 Å². The molecule has 0 spiro atoms. The Morgan fingerprint density at radius 3 is 2.94 bits per heavy atom. The highest BCUT2D eigenvalue weighted by atomic mass is 32.1. The van der Waals surface area contributed by atoms with Crippen LogP contribution >= 0.6 is 11.3 Å². The van der Waals surface area contributed by atoms with Crippen molar-refractivity contribution in [2.75, 3.05) is 6.54 Å². The summed E-state index contributed by atoms with van der Waals surface area (Å²) in [7, 11) is 0. The van der Waals surface area contributed by atoms with Gasteiger partial charge in [-0.25, -0.2) is 4.98 Å². The molecule has 0 atom stereocenters. The zero-order chi connectivity index (χ0) is 11.5. The van der Waals surface area contributed by atoms with E-state index in [9.17, 15) is 0 Å². The number of nitrogens with two attached hydrogens (primary N) is 1. The second-order valence-corrected chi connectivity index (χ2v) is 5.30. The number of thiazole rings is 1. The van der Waals surface area contributed by atoms with Gasteiger partial charge in [0.15, 0.2) is 0 Å². The van der Waals surface area contributed by atoms with Gasteiger partial charge in [0.2, 0.25) is 0 Å². The maximum atomic E-state index is 7.27. The fourth-order valence-corrected chi connectivity index (χ4v) is 2.54. The molecule has 1 aromatic heterocycles. The summed E-state index contributed by atoms with van der Waals surface area (Å²) in [6.07, 6.45) is 3.23. The Morgan fingerprint density at radius 2 is 2.44 bits per heavy atom. The van der Waals surface area contributed by atoms with Gasteiger partial charge in [-0.2, -0.15) is 0 Å². The molecule has 0 radical (unpaired) electrons. The molecule has 5 heteroatoms. The quantitative estimate of drug-likeness (QED) is 0.586. The molecular weight excluding hydrogens is 220 g/mol. The van der Waals surface area contributed by atoms with Crippen molar-refractivity contribution < 1.29 is 0 Å². The number of amidine groups is 1. The van der Waals surface area contributed by atoms with Crippen LogP contribution in [-0.2, 0) is 6.54 Å². The van der Waals surface area contributed by atoms with Gasteiger partial charge in [-0.05, 0) is 19.8 Å². The summed E-state index contributed by atoms with van der Waals surface area (Å²) in [4.78, 5) is 6.88. The Balaban J connectivity index is 1.89. The first-order valence-corrected chi connectivity index (χ1v) is 6.51. The van der Waals surface area contributed by atoms with Crippen molar-refractivity contribution >= 4 is 17.2 Å². The van der Waals surface area contributed by atoms with Crippen molar-refractivity contribution in [3.05, 3.63) is 16.1 Å². The minimum atomic E-state index is 0.279. The Morgan fingerprint density at radius 1 is 1.69 bits per heavy atom. The van der Waals surface area contributed by atoms with Gasteiger partial charge in [-0.1, -0.05) is 0 Å². The summed E-state index contributed by atoms with van der Waals surface area (Å²) < 4.78 is 0. The van der Waals surface area contributed by atoms with Crippen LogP contribution in [0, 0.1) is 12.3 Å². The monoisotopic (exact) mass is 238 g/mol. The molecule has 0 amide bonds. The van der Waals surface area contributed by atoms with E-state index in [2.05, 4.69) is 15.3 Å². The summed E-state index contributed by atoms with van der Waals surface area (Å²) in [5.41, 5.74) is 6.50. The standard InChI is InChI=1S/C11H18N4S/c1-8-7-16-11(14-8)6-15(9-2-3-9)5-4-10(12)13/h7,9H,2-6H2,1H3,(H3,12,13). The average Bonchev–Trinajstić information content (AvgIpc) is 2.98. The number of nitrogens with zero attached hydrogens (tertiary/aromatic N) is 2. The molecule has 88 valence electrons. The van der Waals surface area contributed by atoms with E-state index in [1.165, 1.54) is 17.8 Å². The highest BCUT2D eigenvalue weighted by Gasteiger charge is 2.29. The van der Waals surface area contributed by atoms with Gasteiger partial charge in [0, 0.05) is 30.1 Å². The van der Waals surface area contributed by atoms with Crippen LogP contribution in [0.2, 0.25) is 0 Å². The second kappa shape index (κ2) is 4.93. The zero-order valence-electron chi connectivity index (χ0n) is 9.57. The smallest absolute Gasteiger partial charge is 0.107 e. The zero-order valence-corrected chi connectivity index (χ0v) is 10.4. The molecule has 0 aliphatic heterocycles. The van der Waals surface area contributed by atoms with Crippen molar-refractivity contribution in [2.24, 2.45) is 5.73 Å². The summed E-state index contributed by atoms with van der Waals surface area (Å²) in [6, 6.07) is 0.698. The van der Waals surface area contributed by atoms with E-state index in [1.54, 1.807) is 11.3 Å². The Hall–Kier alpha value is -0.940. The van der Waals surface area contributed by atoms with E-state index in [0.717, 1.165) is 18.8 Å². The second-order valence-electron chi connectivity index (χ2n) is 4.36. The molecule has 1 heterocycles. The lowest BCUT2D eigenvalue weighted by molar-refractivity contribution is 0.261. The van der Waals surface area contributed by atoms with Crippen molar-refractivity contribution in [3.63, 3.8) is 0 Å². The SMILES string of the molecule is Cc1csc(CN(CCC(=N)N)C2CC2)n1. The van der Waals surface area contributed by atoms with Gasteiger partial charge in [-0.3, -0.25) is 10.3 Å². The number of aryl methyl sites for hydroxylation is 1. The highest BCUT2D eigenvalue weighted by molar-refractivity contribution is 7.09. The maximum Gasteiger partial charge on any atom is 0.107 e. The minimum absolute atomic E-state index is 0.279. The van der Waals surface area contributed by atoms with E-state index in [1.807, 2.05) is 6.92 Å². The van der Waals surface area contributed by atoms with E-state index >= 15 is 0 Å². The molecule has 1 fully saturated rings. The first-order valence-electron chi connectivity index (χ1n) is 5.63. The number of rotatable bonds is 6. The van der Waals surface area contributed by atoms with Crippen LogP contribution in [0.5, 0.6) is 0 Å². The summed E-state index contributed by atoms with van der Waals surface area (Å²) in [6.45, 7) is 3.83. The summed E-state index contributed by atoms with van der Waals surface area (Å²) >= 11 is 1.72. The van der Waals surface area contributed by atoms with Crippen molar-refractivity contribution in [1.82, 2.24) is 9.88 Å². The van der Waals surface area contributed by atoms with Gasteiger partial charge in [0.25, 0.3) is 0 Å². The topological polar surface area (TPSA) is 66.0 Å². The van der Waals surface area contributed by atoms with Crippen LogP contribution in [0.15, 0.2) is 5.38 Å². The third kappa shape index (κ3) is 3.28. The van der Waals surface area contributed by atoms with Crippen LogP contribution in [0.25, 0.3) is 0 Å². The fraction of sp³-hybridized carbons (Fsp3) is 0.636. The van der Waals surface area contributed by atoms with E-state index in [-0.39, 0.29) is 5.84 Å². The number of nitrogens with one attached hydrogen (secondary N) is 1. The Bertz CT molecular complexity index is 370. The van der Waals surface area contributed by atoms with Gasteiger partial charge in [-0.15, -0.1) is 11.3 Å². The molecule has 1 aliphatic carbocycles. The molecule has 0 bridgehead atoms. The minimum Gasteiger partial charge on any atom is -0.388 e. The first kappa shape index (κ1) is 11.5. The fourth-order valence-electron chi connectivity index (χ4n) is 1.74. The van der Waals surface area contributed by atoms with Crippen LogP contribution in [0.3, 0.4) is 0 Å². The lowest BCUT2D eigenvalue weighted by atomic mass is 10.3. The molecule has 1 aliphatic rings. The number of hydrogen-bond donors (Lipinski definition) is 2. The van der Waals surface area contributed by atoms with Gasteiger partial charge in [0.05, 0.1) is 12.4 Å². The van der Waals surface area contributed by atoms with Crippen LogP contribution < -0.4 is 5.73 Å². The predicted molar refractivity (Wildman–Crippen MR) is 66.8 cm³/mol. The van der Waals surface area contributed by atoms with Crippen LogP contribution in [0.4, 0.5) is 0 Å². The lowest BCUT2D eigenvalue weighted by Gasteiger charge is -2.20.